The van der Waals surface area contributed by atoms with E-state index in [1.54, 1.807) is 27.0 Å². The van der Waals surface area contributed by atoms with Crippen LogP contribution in [-0.4, -0.2) is 15.6 Å². The molecule has 116 valence electrons. The third-order valence-corrected chi connectivity index (χ3v) is 3.27. The molecule has 2 amide bonds. The zero-order valence-corrected chi connectivity index (χ0v) is 12.6. The van der Waals surface area contributed by atoms with Crippen LogP contribution in [0.4, 0.5) is 15.0 Å². The standard InChI is InChI=1S/C15H17FN4O2/c1-9-6-11(16)4-5-12(9)10(2)18-15(22)19-13-7-14(21)20(3)8-17-13/h4-8,10H,1-3H3,(H2,18,19,22)/t10-/m1/s1. The average molecular weight is 304 g/mol. The van der Waals surface area contributed by atoms with Crippen molar-refractivity contribution < 1.29 is 9.18 Å². The van der Waals surface area contributed by atoms with Gasteiger partial charge in [-0.15, -0.1) is 0 Å². The zero-order chi connectivity index (χ0) is 16.3. The molecule has 0 fully saturated rings. The summed E-state index contributed by atoms with van der Waals surface area (Å²) >= 11 is 0. The smallest absolute Gasteiger partial charge is 0.320 e. The van der Waals surface area contributed by atoms with Gasteiger partial charge in [0.05, 0.1) is 12.4 Å². The van der Waals surface area contributed by atoms with Gasteiger partial charge in [-0.25, -0.2) is 14.2 Å². The molecule has 22 heavy (non-hydrogen) atoms. The molecule has 1 atom stereocenters. The Hall–Kier alpha value is -2.70. The summed E-state index contributed by atoms with van der Waals surface area (Å²) in [5.74, 6) is -0.147. The Morgan fingerprint density at radius 3 is 2.73 bits per heavy atom. The topological polar surface area (TPSA) is 76.0 Å². The Morgan fingerprint density at radius 1 is 1.36 bits per heavy atom. The number of hydrogen-bond donors (Lipinski definition) is 2. The highest BCUT2D eigenvalue weighted by atomic mass is 19.1. The molecule has 0 saturated heterocycles. The molecule has 0 aliphatic rings. The number of carbonyl (C=O) groups excluding carboxylic acids is 1. The molecule has 0 radical (unpaired) electrons. The van der Waals surface area contributed by atoms with Gasteiger partial charge in [-0.05, 0) is 37.1 Å². The first-order valence-electron chi connectivity index (χ1n) is 6.73. The fraction of sp³-hybridized carbons (Fsp3) is 0.267. The van der Waals surface area contributed by atoms with Gasteiger partial charge in [0.1, 0.15) is 11.6 Å². The van der Waals surface area contributed by atoms with Crippen LogP contribution in [0.25, 0.3) is 0 Å². The summed E-state index contributed by atoms with van der Waals surface area (Å²) < 4.78 is 14.4. The Bertz CT molecular complexity index is 757. The maximum atomic E-state index is 13.1. The SMILES string of the molecule is Cc1cc(F)ccc1[C@@H](C)NC(=O)Nc1cc(=O)n(C)cn1. The number of urea groups is 1. The fourth-order valence-electron chi connectivity index (χ4n) is 2.08. The Balaban J connectivity index is 2.04. The van der Waals surface area contributed by atoms with Gasteiger partial charge < -0.3 is 9.88 Å². The van der Waals surface area contributed by atoms with Crippen molar-refractivity contribution in [3.05, 3.63) is 57.9 Å². The fourth-order valence-corrected chi connectivity index (χ4v) is 2.08. The summed E-state index contributed by atoms with van der Waals surface area (Å²) in [6.45, 7) is 3.56. The summed E-state index contributed by atoms with van der Waals surface area (Å²) in [5, 5.41) is 5.21. The van der Waals surface area contributed by atoms with Crippen LogP contribution in [0, 0.1) is 12.7 Å². The zero-order valence-electron chi connectivity index (χ0n) is 12.6. The molecule has 0 spiro atoms. The second-order valence-electron chi connectivity index (χ2n) is 5.04. The Labute approximate surface area is 127 Å². The lowest BCUT2D eigenvalue weighted by atomic mass is 10.0. The highest BCUT2D eigenvalue weighted by molar-refractivity contribution is 5.88. The quantitative estimate of drug-likeness (QED) is 0.912. The van der Waals surface area contributed by atoms with Crippen molar-refractivity contribution in [3.63, 3.8) is 0 Å². The number of halogens is 1. The predicted octanol–water partition coefficient (Wildman–Crippen LogP) is 2.11. The second-order valence-corrected chi connectivity index (χ2v) is 5.04. The van der Waals surface area contributed by atoms with Crippen molar-refractivity contribution in [1.29, 1.82) is 0 Å². The summed E-state index contributed by atoms with van der Waals surface area (Å²) in [4.78, 5) is 27.3. The average Bonchev–Trinajstić information content (AvgIpc) is 2.42. The Morgan fingerprint density at radius 2 is 2.09 bits per heavy atom. The number of rotatable bonds is 3. The normalized spacial score (nSPS) is 11.8. The highest BCUT2D eigenvalue weighted by Crippen LogP contribution is 2.18. The van der Waals surface area contributed by atoms with Gasteiger partial charge in [0.15, 0.2) is 0 Å². The third kappa shape index (κ3) is 3.69. The first kappa shape index (κ1) is 15.7. The van der Waals surface area contributed by atoms with E-state index in [0.29, 0.717) is 0 Å². The molecule has 2 rings (SSSR count). The molecule has 0 aliphatic carbocycles. The van der Waals surface area contributed by atoms with Crippen molar-refractivity contribution >= 4 is 11.8 Å². The summed E-state index contributed by atoms with van der Waals surface area (Å²) in [7, 11) is 1.57. The number of benzene rings is 1. The van der Waals surface area contributed by atoms with E-state index in [9.17, 15) is 14.0 Å². The maximum absolute atomic E-state index is 13.1. The van der Waals surface area contributed by atoms with Crippen molar-refractivity contribution in [3.8, 4) is 0 Å². The van der Waals surface area contributed by atoms with Gasteiger partial charge in [-0.3, -0.25) is 10.1 Å². The molecule has 7 heteroatoms. The largest absolute Gasteiger partial charge is 0.331 e. The number of nitrogens with one attached hydrogen (secondary N) is 2. The van der Waals surface area contributed by atoms with Gasteiger partial charge in [0.25, 0.3) is 5.56 Å². The van der Waals surface area contributed by atoms with Crippen molar-refractivity contribution in [2.45, 2.75) is 19.9 Å². The first-order valence-corrected chi connectivity index (χ1v) is 6.73. The summed E-state index contributed by atoms with van der Waals surface area (Å²) in [6.07, 6.45) is 1.32. The molecule has 2 aromatic rings. The van der Waals surface area contributed by atoms with Crippen LogP contribution >= 0.6 is 0 Å². The minimum atomic E-state index is -0.489. The van der Waals surface area contributed by atoms with Gasteiger partial charge in [-0.1, -0.05) is 6.07 Å². The molecule has 2 N–H and O–H groups in total. The molecular formula is C15H17FN4O2. The van der Waals surface area contributed by atoms with E-state index in [1.165, 1.54) is 29.1 Å². The van der Waals surface area contributed by atoms with E-state index in [2.05, 4.69) is 15.6 Å². The number of aromatic nitrogens is 2. The van der Waals surface area contributed by atoms with Crippen LogP contribution in [0.3, 0.4) is 0 Å². The van der Waals surface area contributed by atoms with Crippen LogP contribution in [0.15, 0.2) is 35.4 Å². The van der Waals surface area contributed by atoms with Crippen LogP contribution in [0.2, 0.25) is 0 Å². The molecular weight excluding hydrogens is 287 g/mol. The summed E-state index contributed by atoms with van der Waals surface area (Å²) in [6, 6.07) is 4.82. The highest BCUT2D eigenvalue weighted by Gasteiger charge is 2.12. The minimum Gasteiger partial charge on any atom is -0.331 e. The first-order chi connectivity index (χ1) is 10.4. The van der Waals surface area contributed by atoms with E-state index < -0.39 is 6.03 Å². The van der Waals surface area contributed by atoms with Gasteiger partial charge in [0.2, 0.25) is 0 Å². The van der Waals surface area contributed by atoms with E-state index in [-0.39, 0.29) is 23.2 Å². The summed E-state index contributed by atoms with van der Waals surface area (Å²) in [5.41, 5.74) is 1.29. The molecule has 0 bridgehead atoms. The van der Waals surface area contributed by atoms with Crippen LogP contribution < -0.4 is 16.2 Å². The number of anilines is 1. The minimum absolute atomic E-state index is 0.170. The lowest BCUT2D eigenvalue weighted by Crippen LogP contribution is -2.32. The number of carbonyl (C=O) groups is 1. The molecule has 0 aliphatic heterocycles. The second kappa shape index (κ2) is 6.38. The van der Waals surface area contributed by atoms with Crippen molar-refractivity contribution in [2.24, 2.45) is 7.05 Å². The molecule has 0 unspecified atom stereocenters. The van der Waals surface area contributed by atoms with Gasteiger partial charge in [-0.2, -0.15) is 0 Å². The van der Waals surface area contributed by atoms with Crippen LogP contribution in [0.5, 0.6) is 0 Å². The van der Waals surface area contributed by atoms with Gasteiger partial charge >= 0.3 is 6.03 Å². The lowest BCUT2D eigenvalue weighted by Gasteiger charge is -2.17. The van der Waals surface area contributed by atoms with E-state index in [4.69, 9.17) is 0 Å². The molecule has 6 nitrogen and oxygen atoms in total. The number of hydrogen-bond acceptors (Lipinski definition) is 3. The predicted molar refractivity (Wildman–Crippen MR) is 81.2 cm³/mol. The van der Waals surface area contributed by atoms with Crippen LogP contribution in [-0.2, 0) is 7.05 Å². The van der Waals surface area contributed by atoms with E-state index in [0.717, 1.165) is 11.1 Å². The number of aryl methyl sites for hydroxylation is 2. The lowest BCUT2D eigenvalue weighted by molar-refractivity contribution is 0.249. The van der Waals surface area contributed by atoms with Crippen molar-refractivity contribution in [2.75, 3.05) is 5.32 Å². The molecule has 1 aromatic carbocycles. The van der Waals surface area contributed by atoms with E-state index >= 15 is 0 Å². The monoisotopic (exact) mass is 304 g/mol. The van der Waals surface area contributed by atoms with Gasteiger partial charge in [0, 0.05) is 13.1 Å². The molecule has 1 heterocycles. The molecule has 1 aromatic heterocycles. The number of nitrogens with zero attached hydrogens (tertiary/aromatic N) is 2. The third-order valence-electron chi connectivity index (χ3n) is 3.27. The van der Waals surface area contributed by atoms with Crippen molar-refractivity contribution in [1.82, 2.24) is 14.9 Å². The van der Waals surface area contributed by atoms with Crippen LogP contribution in [0.1, 0.15) is 24.1 Å². The maximum Gasteiger partial charge on any atom is 0.320 e. The molecule has 0 saturated carbocycles. The van der Waals surface area contributed by atoms with E-state index in [1.807, 2.05) is 0 Å². The number of amides is 2. The Kier molecular flexibility index (Phi) is 4.55.